The van der Waals surface area contributed by atoms with Gasteiger partial charge in [-0.1, -0.05) is 16.9 Å². The molecular weight excluding hydrogens is 210 g/mol. The molecule has 0 saturated heterocycles. The molecule has 0 unspecified atom stereocenters. The summed E-state index contributed by atoms with van der Waals surface area (Å²) in [5.74, 6) is 1.53. The lowest BCUT2D eigenvalue weighted by Gasteiger charge is -2.00. The van der Waals surface area contributed by atoms with Gasteiger partial charge in [-0.25, -0.2) is 4.98 Å². The van der Waals surface area contributed by atoms with Crippen molar-refractivity contribution in [3.63, 3.8) is 0 Å². The average Bonchev–Trinajstić information content (AvgIpc) is 2.63. The summed E-state index contributed by atoms with van der Waals surface area (Å²) in [5.41, 5.74) is 7.34. The van der Waals surface area contributed by atoms with Crippen molar-refractivity contribution in [2.75, 3.05) is 5.73 Å². The van der Waals surface area contributed by atoms with Gasteiger partial charge in [0.05, 0.1) is 17.1 Å². The van der Waals surface area contributed by atoms with E-state index >= 15 is 0 Å². The minimum absolute atomic E-state index is 0.693. The van der Waals surface area contributed by atoms with E-state index in [0.29, 0.717) is 11.4 Å². The molecule has 0 aliphatic carbocycles. The van der Waals surface area contributed by atoms with Crippen molar-refractivity contribution < 1.29 is 4.52 Å². The van der Waals surface area contributed by atoms with Crippen LogP contribution in [0.3, 0.4) is 0 Å². The minimum Gasteiger partial charge on any atom is -0.397 e. The van der Waals surface area contributed by atoms with Crippen molar-refractivity contribution in [2.24, 2.45) is 0 Å². The van der Waals surface area contributed by atoms with E-state index in [0.717, 1.165) is 16.5 Å². The van der Waals surface area contributed by atoms with E-state index in [2.05, 4.69) is 10.1 Å². The third-order valence-electron chi connectivity index (χ3n) is 1.83. The first kappa shape index (κ1) is 10.0. The first-order valence-electron chi connectivity index (χ1n) is 4.51. The van der Waals surface area contributed by atoms with Gasteiger partial charge in [0.25, 0.3) is 0 Å². The maximum absolute atomic E-state index is 5.76. The molecule has 5 heteroatoms. The molecule has 0 aromatic carbocycles. The summed E-state index contributed by atoms with van der Waals surface area (Å²) in [5, 5.41) is 4.64. The van der Waals surface area contributed by atoms with E-state index < -0.39 is 0 Å². The van der Waals surface area contributed by atoms with Gasteiger partial charge in [-0.05, 0) is 19.1 Å². The van der Waals surface area contributed by atoms with Crippen LogP contribution in [0.1, 0.15) is 11.5 Å². The van der Waals surface area contributed by atoms with Gasteiger partial charge < -0.3 is 10.3 Å². The molecule has 0 radical (unpaired) electrons. The third kappa shape index (κ3) is 2.50. The lowest BCUT2D eigenvalue weighted by atomic mass is 10.4. The zero-order valence-corrected chi connectivity index (χ0v) is 9.12. The second-order valence-electron chi connectivity index (χ2n) is 3.12. The van der Waals surface area contributed by atoms with E-state index in [9.17, 15) is 0 Å². The number of nitrogens with two attached hydrogens (primary N) is 1. The van der Waals surface area contributed by atoms with Crippen LogP contribution in [0, 0.1) is 6.92 Å². The maximum atomic E-state index is 5.76. The van der Waals surface area contributed by atoms with Crippen LogP contribution in [-0.4, -0.2) is 10.1 Å². The van der Waals surface area contributed by atoms with Crippen LogP contribution in [-0.2, 0) is 5.75 Å². The molecular formula is C10H11N3OS. The Morgan fingerprint density at radius 2 is 2.40 bits per heavy atom. The van der Waals surface area contributed by atoms with Gasteiger partial charge in [0.2, 0.25) is 0 Å². The summed E-state index contributed by atoms with van der Waals surface area (Å²) in [6, 6.07) is 5.56. The number of thioether (sulfide) groups is 1. The summed E-state index contributed by atoms with van der Waals surface area (Å²) < 4.78 is 5.09. The number of hydrogen-bond donors (Lipinski definition) is 1. The molecule has 0 saturated carbocycles. The zero-order valence-electron chi connectivity index (χ0n) is 8.30. The Morgan fingerprint density at radius 3 is 3.07 bits per heavy atom. The molecule has 4 nitrogen and oxygen atoms in total. The highest BCUT2D eigenvalue weighted by Gasteiger charge is 2.04. The third-order valence-corrected chi connectivity index (χ3v) is 2.87. The van der Waals surface area contributed by atoms with E-state index in [4.69, 9.17) is 10.3 Å². The van der Waals surface area contributed by atoms with E-state index in [-0.39, 0.29) is 0 Å². The van der Waals surface area contributed by atoms with Gasteiger partial charge in [0.15, 0.2) is 0 Å². The number of aromatic nitrogens is 2. The molecule has 2 rings (SSSR count). The standard InChI is InChI=1S/C10H11N3OS/c1-7-5-8(14-13-7)6-15-10-9(11)3-2-4-12-10/h2-5H,6,11H2,1H3. The summed E-state index contributed by atoms with van der Waals surface area (Å²) in [6.45, 7) is 1.90. The molecule has 0 atom stereocenters. The molecule has 0 aliphatic heterocycles. The molecule has 2 N–H and O–H groups in total. The van der Waals surface area contributed by atoms with Gasteiger partial charge >= 0.3 is 0 Å². The number of aryl methyl sites for hydroxylation is 1. The molecule has 0 aliphatic rings. The molecule has 0 amide bonds. The second kappa shape index (κ2) is 4.35. The largest absolute Gasteiger partial charge is 0.397 e. The number of anilines is 1. The summed E-state index contributed by atoms with van der Waals surface area (Å²) in [7, 11) is 0. The lowest BCUT2D eigenvalue weighted by molar-refractivity contribution is 0.391. The number of nitrogen functional groups attached to an aromatic ring is 1. The van der Waals surface area contributed by atoms with Gasteiger partial charge in [0.1, 0.15) is 10.8 Å². The lowest BCUT2D eigenvalue weighted by Crippen LogP contribution is -1.90. The Hall–Kier alpha value is -1.49. The summed E-state index contributed by atoms with van der Waals surface area (Å²) in [4.78, 5) is 4.18. The van der Waals surface area contributed by atoms with Crippen molar-refractivity contribution in [2.45, 2.75) is 17.7 Å². The molecule has 0 spiro atoms. The van der Waals surface area contributed by atoms with Crippen LogP contribution in [0.15, 0.2) is 33.9 Å². The molecule has 2 aromatic rings. The fourth-order valence-electron chi connectivity index (χ4n) is 1.15. The molecule has 2 aromatic heterocycles. The number of nitrogens with zero attached hydrogens (tertiary/aromatic N) is 2. The maximum Gasteiger partial charge on any atom is 0.147 e. The van der Waals surface area contributed by atoms with Crippen molar-refractivity contribution in [1.82, 2.24) is 10.1 Å². The monoisotopic (exact) mass is 221 g/mol. The number of rotatable bonds is 3. The van der Waals surface area contributed by atoms with Gasteiger partial charge in [-0.15, -0.1) is 0 Å². The highest BCUT2D eigenvalue weighted by atomic mass is 32.2. The highest BCUT2D eigenvalue weighted by Crippen LogP contribution is 2.25. The predicted octanol–water partition coefficient (Wildman–Crippen LogP) is 2.25. The normalized spacial score (nSPS) is 10.5. The Labute approximate surface area is 91.9 Å². The molecule has 78 valence electrons. The zero-order chi connectivity index (χ0) is 10.7. The summed E-state index contributed by atoms with van der Waals surface area (Å²) >= 11 is 1.54. The Kier molecular flexibility index (Phi) is 2.91. The Bertz CT molecular complexity index is 455. The molecule has 0 bridgehead atoms. The van der Waals surface area contributed by atoms with Crippen molar-refractivity contribution in [3.8, 4) is 0 Å². The SMILES string of the molecule is Cc1cc(CSc2ncccc2N)on1. The molecule has 0 fully saturated rings. The van der Waals surface area contributed by atoms with Crippen LogP contribution in [0.4, 0.5) is 5.69 Å². The van der Waals surface area contributed by atoms with Crippen molar-refractivity contribution >= 4 is 17.4 Å². The van der Waals surface area contributed by atoms with Crippen LogP contribution >= 0.6 is 11.8 Å². The van der Waals surface area contributed by atoms with Crippen LogP contribution in [0.2, 0.25) is 0 Å². The van der Waals surface area contributed by atoms with Crippen LogP contribution in [0.5, 0.6) is 0 Å². The fourth-order valence-corrected chi connectivity index (χ4v) is 1.93. The average molecular weight is 221 g/mol. The first-order chi connectivity index (χ1) is 7.25. The first-order valence-corrected chi connectivity index (χ1v) is 5.50. The highest BCUT2D eigenvalue weighted by molar-refractivity contribution is 7.98. The number of hydrogen-bond acceptors (Lipinski definition) is 5. The minimum atomic E-state index is 0.693. The molecule has 2 heterocycles. The summed E-state index contributed by atoms with van der Waals surface area (Å²) in [6.07, 6.45) is 1.73. The van der Waals surface area contributed by atoms with Crippen molar-refractivity contribution in [3.05, 3.63) is 35.9 Å². The predicted molar refractivity (Wildman–Crippen MR) is 59.5 cm³/mol. The quantitative estimate of drug-likeness (QED) is 0.805. The van der Waals surface area contributed by atoms with Gasteiger partial charge in [-0.3, -0.25) is 0 Å². The smallest absolute Gasteiger partial charge is 0.147 e. The van der Waals surface area contributed by atoms with Crippen molar-refractivity contribution in [1.29, 1.82) is 0 Å². The van der Waals surface area contributed by atoms with E-state index in [1.807, 2.05) is 25.1 Å². The van der Waals surface area contributed by atoms with Gasteiger partial charge in [-0.2, -0.15) is 0 Å². The number of pyridine rings is 1. The molecule has 15 heavy (non-hydrogen) atoms. The van der Waals surface area contributed by atoms with E-state index in [1.165, 1.54) is 0 Å². The second-order valence-corrected chi connectivity index (χ2v) is 4.09. The Balaban J connectivity index is 2.02. The van der Waals surface area contributed by atoms with Crippen LogP contribution in [0.25, 0.3) is 0 Å². The Morgan fingerprint density at radius 1 is 1.53 bits per heavy atom. The van der Waals surface area contributed by atoms with Crippen LogP contribution < -0.4 is 5.73 Å². The van der Waals surface area contributed by atoms with E-state index in [1.54, 1.807) is 18.0 Å². The van der Waals surface area contributed by atoms with Gasteiger partial charge in [0, 0.05) is 12.3 Å². The topological polar surface area (TPSA) is 64.9 Å². The fraction of sp³-hybridized carbons (Fsp3) is 0.200.